The van der Waals surface area contributed by atoms with Crippen molar-refractivity contribution in [2.24, 2.45) is 5.73 Å². The Hall–Kier alpha value is -1.94. The van der Waals surface area contributed by atoms with E-state index in [1.807, 2.05) is 31.5 Å². The van der Waals surface area contributed by atoms with Crippen LogP contribution >= 0.6 is 0 Å². The summed E-state index contributed by atoms with van der Waals surface area (Å²) in [5, 5.41) is 0. The molecule has 0 aromatic carbocycles. The molecule has 0 aliphatic carbocycles. The molecule has 0 saturated carbocycles. The second-order valence-corrected chi connectivity index (χ2v) is 5.11. The first-order valence-corrected chi connectivity index (χ1v) is 6.89. The van der Waals surface area contributed by atoms with Crippen LogP contribution in [0.5, 0.6) is 0 Å². The van der Waals surface area contributed by atoms with Crippen LogP contribution in [0.15, 0.2) is 30.6 Å². The van der Waals surface area contributed by atoms with E-state index in [0.717, 1.165) is 30.0 Å². The quantitative estimate of drug-likeness (QED) is 0.905. The first kappa shape index (κ1) is 14.5. The molecule has 0 unspecified atom stereocenters. The molecule has 0 bridgehead atoms. The van der Waals surface area contributed by atoms with Crippen LogP contribution < -0.4 is 10.6 Å². The van der Waals surface area contributed by atoms with Crippen molar-refractivity contribution in [1.29, 1.82) is 0 Å². The van der Waals surface area contributed by atoms with Gasteiger partial charge in [-0.25, -0.2) is 4.98 Å². The number of rotatable bonds is 5. The highest BCUT2D eigenvalue weighted by Gasteiger charge is 2.11. The number of likely N-dealkylation sites (N-methyl/N-ethyl adjacent to an activating group) is 1. The smallest absolute Gasteiger partial charge is 0.133 e. The van der Waals surface area contributed by atoms with E-state index in [0.29, 0.717) is 6.54 Å². The number of aryl methyl sites for hydroxylation is 2. The molecule has 106 valence electrons. The zero-order valence-corrected chi connectivity index (χ0v) is 12.4. The Labute approximate surface area is 120 Å². The highest BCUT2D eigenvalue weighted by Crippen LogP contribution is 2.21. The lowest BCUT2D eigenvalue weighted by molar-refractivity contribution is 0.837. The van der Waals surface area contributed by atoms with Gasteiger partial charge in [0.2, 0.25) is 0 Å². The van der Waals surface area contributed by atoms with Gasteiger partial charge in [-0.15, -0.1) is 0 Å². The average Bonchev–Trinajstić information content (AvgIpc) is 2.45. The van der Waals surface area contributed by atoms with Crippen molar-refractivity contribution in [3.63, 3.8) is 0 Å². The molecule has 2 aromatic rings. The number of nitrogens with zero attached hydrogens (tertiary/aromatic N) is 3. The van der Waals surface area contributed by atoms with Gasteiger partial charge < -0.3 is 10.6 Å². The van der Waals surface area contributed by atoms with Crippen LogP contribution in [0.2, 0.25) is 0 Å². The molecule has 0 fully saturated rings. The number of aromatic nitrogens is 2. The minimum Gasteiger partial charge on any atom is -0.359 e. The fourth-order valence-electron chi connectivity index (χ4n) is 2.36. The van der Waals surface area contributed by atoms with Crippen LogP contribution in [0.25, 0.3) is 0 Å². The van der Waals surface area contributed by atoms with E-state index in [1.54, 1.807) is 0 Å². The molecule has 0 radical (unpaired) electrons. The van der Waals surface area contributed by atoms with Gasteiger partial charge >= 0.3 is 0 Å². The Kier molecular flexibility index (Phi) is 4.69. The summed E-state index contributed by atoms with van der Waals surface area (Å²) in [6, 6.07) is 6.18. The number of nitrogens with two attached hydrogens (primary N) is 1. The maximum Gasteiger partial charge on any atom is 0.133 e. The molecule has 2 N–H and O–H groups in total. The number of pyridine rings is 2. The molecule has 2 aromatic heterocycles. The van der Waals surface area contributed by atoms with Crippen molar-refractivity contribution < 1.29 is 0 Å². The molecule has 20 heavy (non-hydrogen) atoms. The minimum absolute atomic E-state index is 0.522. The SMILES string of the molecule is Cc1cc(C)c(CN)c(N(C)CCc2ccncc2)n1. The molecule has 2 heterocycles. The molecule has 2 rings (SSSR count). The fraction of sp³-hybridized carbons (Fsp3) is 0.375. The third kappa shape index (κ3) is 3.33. The second kappa shape index (κ2) is 6.48. The molecule has 0 amide bonds. The molecular formula is C16H22N4. The molecule has 0 spiro atoms. The summed E-state index contributed by atoms with van der Waals surface area (Å²) >= 11 is 0. The summed E-state index contributed by atoms with van der Waals surface area (Å²) in [7, 11) is 2.07. The van der Waals surface area contributed by atoms with E-state index in [4.69, 9.17) is 5.73 Å². The van der Waals surface area contributed by atoms with Crippen molar-refractivity contribution in [2.75, 3.05) is 18.5 Å². The first-order valence-electron chi connectivity index (χ1n) is 6.89. The third-order valence-electron chi connectivity index (χ3n) is 3.50. The molecule has 0 aliphatic rings. The molecular weight excluding hydrogens is 248 g/mol. The molecule has 0 saturated heterocycles. The van der Waals surface area contributed by atoms with Crippen molar-refractivity contribution >= 4 is 5.82 Å². The lowest BCUT2D eigenvalue weighted by Gasteiger charge is -2.22. The van der Waals surface area contributed by atoms with Gasteiger partial charge in [-0.3, -0.25) is 4.98 Å². The van der Waals surface area contributed by atoms with E-state index in [9.17, 15) is 0 Å². The van der Waals surface area contributed by atoms with Crippen molar-refractivity contribution in [3.05, 3.63) is 53.0 Å². The van der Waals surface area contributed by atoms with E-state index in [1.165, 1.54) is 11.1 Å². The standard InChI is InChI=1S/C16H22N4/c1-12-10-13(2)19-16(15(12)11-17)20(3)9-6-14-4-7-18-8-5-14/h4-5,7-8,10H,6,9,11,17H2,1-3H3. The summed E-state index contributed by atoms with van der Waals surface area (Å²) in [4.78, 5) is 10.9. The van der Waals surface area contributed by atoms with E-state index < -0.39 is 0 Å². The molecule has 0 atom stereocenters. The maximum absolute atomic E-state index is 5.87. The van der Waals surface area contributed by atoms with Gasteiger partial charge in [0.05, 0.1) is 0 Å². The van der Waals surface area contributed by atoms with Gasteiger partial charge in [0.25, 0.3) is 0 Å². The van der Waals surface area contributed by atoms with E-state index in [-0.39, 0.29) is 0 Å². The van der Waals surface area contributed by atoms with Gasteiger partial charge in [0.1, 0.15) is 5.82 Å². The van der Waals surface area contributed by atoms with E-state index in [2.05, 4.69) is 34.9 Å². The maximum atomic E-state index is 5.87. The van der Waals surface area contributed by atoms with Crippen molar-refractivity contribution in [3.8, 4) is 0 Å². The lowest BCUT2D eigenvalue weighted by Crippen LogP contribution is -2.24. The van der Waals surface area contributed by atoms with Gasteiger partial charge in [-0.2, -0.15) is 0 Å². The molecule has 0 aliphatic heterocycles. The molecule has 4 nitrogen and oxygen atoms in total. The predicted molar refractivity (Wildman–Crippen MR) is 82.8 cm³/mol. The van der Waals surface area contributed by atoms with Gasteiger partial charge in [-0.1, -0.05) is 0 Å². The normalized spacial score (nSPS) is 10.6. The Morgan fingerprint density at radius 3 is 2.55 bits per heavy atom. The highest BCUT2D eigenvalue weighted by atomic mass is 15.2. The summed E-state index contributed by atoms with van der Waals surface area (Å²) in [5.41, 5.74) is 10.5. The topological polar surface area (TPSA) is 55.0 Å². The first-order chi connectivity index (χ1) is 9.61. The third-order valence-corrected chi connectivity index (χ3v) is 3.50. The van der Waals surface area contributed by atoms with Gasteiger partial charge in [-0.05, 0) is 49.6 Å². The van der Waals surface area contributed by atoms with E-state index >= 15 is 0 Å². The number of anilines is 1. The van der Waals surface area contributed by atoms with Crippen molar-refractivity contribution in [1.82, 2.24) is 9.97 Å². The summed E-state index contributed by atoms with van der Waals surface area (Å²) in [5.74, 6) is 0.999. The van der Waals surface area contributed by atoms with Crippen LogP contribution in [0.4, 0.5) is 5.82 Å². The summed E-state index contributed by atoms with van der Waals surface area (Å²) < 4.78 is 0. The zero-order valence-electron chi connectivity index (χ0n) is 12.4. The largest absolute Gasteiger partial charge is 0.359 e. The van der Waals surface area contributed by atoms with Crippen LogP contribution in [0.3, 0.4) is 0 Å². The van der Waals surface area contributed by atoms with Gasteiger partial charge in [0, 0.05) is 43.8 Å². The Bertz CT molecular complexity index is 566. The van der Waals surface area contributed by atoms with Crippen LogP contribution in [0, 0.1) is 13.8 Å². The predicted octanol–water partition coefficient (Wildman–Crippen LogP) is 2.23. The average molecular weight is 270 g/mol. The van der Waals surface area contributed by atoms with Gasteiger partial charge in [0.15, 0.2) is 0 Å². The summed E-state index contributed by atoms with van der Waals surface area (Å²) in [6.45, 7) is 5.55. The summed E-state index contributed by atoms with van der Waals surface area (Å²) in [6.07, 6.45) is 4.63. The van der Waals surface area contributed by atoms with Crippen LogP contribution in [-0.2, 0) is 13.0 Å². The highest BCUT2D eigenvalue weighted by molar-refractivity contribution is 5.51. The van der Waals surface area contributed by atoms with Crippen LogP contribution in [-0.4, -0.2) is 23.6 Å². The molecule has 4 heteroatoms. The minimum atomic E-state index is 0.522. The Morgan fingerprint density at radius 1 is 1.20 bits per heavy atom. The zero-order chi connectivity index (χ0) is 14.5. The number of hydrogen-bond donors (Lipinski definition) is 1. The van der Waals surface area contributed by atoms with Crippen LogP contribution in [0.1, 0.15) is 22.4 Å². The second-order valence-electron chi connectivity index (χ2n) is 5.11. The fourth-order valence-corrected chi connectivity index (χ4v) is 2.36. The lowest BCUT2D eigenvalue weighted by atomic mass is 10.1. The Morgan fingerprint density at radius 2 is 1.90 bits per heavy atom. The monoisotopic (exact) mass is 270 g/mol. The van der Waals surface area contributed by atoms with Crippen molar-refractivity contribution in [2.45, 2.75) is 26.8 Å². The Balaban J connectivity index is 2.14. The number of hydrogen-bond acceptors (Lipinski definition) is 4.